The van der Waals surface area contributed by atoms with Gasteiger partial charge in [-0.15, -0.1) is 0 Å². The minimum absolute atomic E-state index is 0.207. The summed E-state index contributed by atoms with van der Waals surface area (Å²) in [6.45, 7) is 2.19. The molecule has 0 bridgehead atoms. The molecule has 1 aromatic rings. The quantitative estimate of drug-likeness (QED) is 0.601. The molecule has 0 radical (unpaired) electrons. The number of fused-ring (bicyclic) bond motifs is 1. The fourth-order valence-electron chi connectivity index (χ4n) is 1.70. The Balaban J connectivity index is 2.47. The smallest absolute Gasteiger partial charge is 0.0342 e. The molecule has 0 aliphatic heterocycles. The third-order valence-electron chi connectivity index (χ3n) is 2.46. The van der Waals surface area contributed by atoms with Crippen LogP contribution in [0.4, 0.5) is 0 Å². The van der Waals surface area contributed by atoms with E-state index in [2.05, 4.69) is 18.0 Å². The first kappa shape index (κ1) is 6.80. The summed E-state index contributed by atoms with van der Waals surface area (Å²) in [6, 6.07) is 2.28. The summed E-state index contributed by atoms with van der Waals surface area (Å²) in [6.07, 6.45) is 4.84. The molecule has 0 amide bonds. The number of hydrogen-bond donors (Lipinski definition) is 1. The summed E-state index contributed by atoms with van der Waals surface area (Å²) >= 11 is 0. The van der Waals surface area contributed by atoms with Crippen molar-refractivity contribution in [1.29, 1.82) is 0 Å². The van der Waals surface area contributed by atoms with Crippen molar-refractivity contribution in [3.63, 3.8) is 0 Å². The topological polar surface area (TPSA) is 38.9 Å². The summed E-state index contributed by atoms with van der Waals surface area (Å²) in [5.74, 6) is 0.578. The molecule has 2 atom stereocenters. The summed E-state index contributed by atoms with van der Waals surface area (Å²) in [5, 5.41) is 0. The standard InChI is InChI=1S/C9H12N2/c1-6-4-7-2-3-11-5-8(7)9(6)10/h2-3,5-6,9H,4,10H2,1H3. The van der Waals surface area contributed by atoms with Gasteiger partial charge in [0.25, 0.3) is 0 Å². The van der Waals surface area contributed by atoms with Gasteiger partial charge in [0.1, 0.15) is 0 Å². The van der Waals surface area contributed by atoms with E-state index >= 15 is 0 Å². The average Bonchev–Trinajstić information content (AvgIpc) is 2.30. The Morgan fingerprint density at radius 2 is 2.45 bits per heavy atom. The molecule has 0 saturated heterocycles. The van der Waals surface area contributed by atoms with Crippen molar-refractivity contribution < 1.29 is 0 Å². The van der Waals surface area contributed by atoms with E-state index in [0.717, 1.165) is 6.42 Å². The molecule has 2 unspecified atom stereocenters. The van der Waals surface area contributed by atoms with Gasteiger partial charge < -0.3 is 5.73 Å². The van der Waals surface area contributed by atoms with Crippen LogP contribution in [0.15, 0.2) is 18.5 Å². The molecule has 1 aliphatic rings. The lowest BCUT2D eigenvalue weighted by atomic mass is 10.1. The minimum atomic E-state index is 0.207. The van der Waals surface area contributed by atoms with Crippen molar-refractivity contribution in [3.05, 3.63) is 29.6 Å². The molecule has 0 fully saturated rings. The third kappa shape index (κ3) is 0.942. The molecule has 1 aliphatic carbocycles. The second-order valence-corrected chi connectivity index (χ2v) is 3.28. The van der Waals surface area contributed by atoms with Crippen LogP contribution in [0.25, 0.3) is 0 Å². The van der Waals surface area contributed by atoms with Crippen molar-refractivity contribution >= 4 is 0 Å². The number of rotatable bonds is 0. The number of hydrogen-bond acceptors (Lipinski definition) is 2. The summed E-state index contributed by atoms with van der Waals surface area (Å²) in [7, 11) is 0. The Morgan fingerprint density at radius 3 is 3.18 bits per heavy atom. The molecule has 0 aromatic carbocycles. The van der Waals surface area contributed by atoms with Gasteiger partial charge in [0.2, 0.25) is 0 Å². The van der Waals surface area contributed by atoms with E-state index in [1.54, 1.807) is 0 Å². The Bertz CT molecular complexity index is 270. The van der Waals surface area contributed by atoms with Crippen molar-refractivity contribution in [1.82, 2.24) is 4.98 Å². The normalized spacial score (nSPS) is 28.5. The lowest BCUT2D eigenvalue weighted by Crippen LogP contribution is -2.13. The molecule has 0 spiro atoms. The van der Waals surface area contributed by atoms with Crippen LogP contribution in [0.1, 0.15) is 24.1 Å². The number of pyridine rings is 1. The molecular formula is C9H12N2. The molecule has 2 rings (SSSR count). The SMILES string of the molecule is CC1Cc2ccncc2C1N. The lowest BCUT2D eigenvalue weighted by Gasteiger charge is -2.08. The van der Waals surface area contributed by atoms with E-state index in [1.807, 2.05) is 12.4 Å². The van der Waals surface area contributed by atoms with Gasteiger partial charge >= 0.3 is 0 Å². The number of nitrogens with two attached hydrogens (primary N) is 1. The fourth-order valence-corrected chi connectivity index (χ4v) is 1.70. The van der Waals surface area contributed by atoms with Gasteiger partial charge in [-0.3, -0.25) is 4.98 Å². The summed E-state index contributed by atoms with van der Waals surface area (Å²) in [5.41, 5.74) is 8.56. The van der Waals surface area contributed by atoms with Crippen molar-refractivity contribution in [2.75, 3.05) is 0 Å². The molecule has 0 saturated carbocycles. The van der Waals surface area contributed by atoms with Gasteiger partial charge in [0.05, 0.1) is 0 Å². The van der Waals surface area contributed by atoms with Crippen LogP contribution in [-0.2, 0) is 6.42 Å². The van der Waals surface area contributed by atoms with Gasteiger partial charge in [-0.2, -0.15) is 0 Å². The maximum absolute atomic E-state index is 5.95. The van der Waals surface area contributed by atoms with E-state index in [0.29, 0.717) is 5.92 Å². The highest BCUT2D eigenvalue weighted by Crippen LogP contribution is 2.32. The zero-order valence-electron chi connectivity index (χ0n) is 6.62. The first-order valence-corrected chi connectivity index (χ1v) is 3.97. The van der Waals surface area contributed by atoms with E-state index in [-0.39, 0.29) is 6.04 Å². The van der Waals surface area contributed by atoms with Gasteiger partial charge in [-0.05, 0) is 29.5 Å². The Labute approximate surface area is 66.4 Å². The van der Waals surface area contributed by atoms with Gasteiger partial charge in [-0.25, -0.2) is 0 Å². The molecular weight excluding hydrogens is 136 g/mol. The lowest BCUT2D eigenvalue weighted by molar-refractivity contribution is 0.513. The highest BCUT2D eigenvalue weighted by molar-refractivity contribution is 5.32. The highest BCUT2D eigenvalue weighted by atomic mass is 14.7. The molecule has 1 aromatic heterocycles. The first-order chi connectivity index (χ1) is 5.29. The predicted octanol–water partition coefficient (Wildman–Crippen LogP) is 1.27. The molecule has 2 heteroatoms. The molecule has 58 valence electrons. The van der Waals surface area contributed by atoms with Gasteiger partial charge in [0, 0.05) is 18.4 Å². The molecule has 1 heterocycles. The van der Waals surface area contributed by atoms with Crippen LogP contribution in [0, 0.1) is 5.92 Å². The van der Waals surface area contributed by atoms with Gasteiger partial charge in [0.15, 0.2) is 0 Å². The average molecular weight is 148 g/mol. The predicted molar refractivity (Wildman–Crippen MR) is 44.0 cm³/mol. The van der Waals surface area contributed by atoms with Crippen molar-refractivity contribution in [2.24, 2.45) is 11.7 Å². The summed E-state index contributed by atoms with van der Waals surface area (Å²) in [4.78, 5) is 4.06. The second-order valence-electron chi connectivity index (χ2n) is 3.28. The largest absolute Gasteiger partial charge is 0.324 e. The maximum atomic E-state index is 5.95. The van der Waals surface area contributed by atoms with E-state index in [9.17, 15) is 0 Å². The first-order valence-electron chi connectivity index (χ1n) is 3.97. The van der Waals surface area contributed by atoms with Gasteiger partial charge in [-0.1, -0.05) is 6.92 Å². The summed E-state index contributed by atoms with van der Waals surface area (Å²) < 4.78 is 0. The second kappa shape index (κ2) is 2.31. The van der Waals surface area contributed by atoms with Crippen LogP contribution in [0.2, 0.25) is 0 Å². The molecule has 11 heavy (non-hydrogen) atoms. The highest BCUT2D eigenvalue weighted by Gasteiger charge is 2.25. The monoisotopic (exact) mass is 148 g/mol. The fraction of sp³-hybridized carbons (Fsp3) is 0.444. The van der Waals surface area contributed by atoms with Crippen LogP contribution in [0.3, 0.4) is 0 Å². The van der Waals surface area contributed by atoms with Crippen LogP contribution in [-0.4, -0.2) is 4.98 Å². The van der Waals surface area contributed by atoms with E-state index in [1.165, 1.54) is 11.1 Å². The molecule has 2 N–H and O–H groups in total. The Hall–Kier alpha value is -0.890. The van der Waals surface area contributed by atoms with Crippen molar-refractivity contribution in [2.45, 2.75) is 19.4 Å². The zero-order valence-corrected chi connectivity index (χ0v) is 6.62. The van der Waals surface area contributed by atoms with Crippen LogP contribution < -0.4 is 5.73 Å². The van der Waals surface area contributed by atoms with Crippen LogP contribution in [0.5, 0.6) is 0 Å². The van der Waals surface area contributed by atoms with E-state index in [4.69, 9.17) is 5.73 Å². The van der Waals surface area contributed by atoms with Crippen LogP contribution >= 0.6 is 0 Å². The van der Waals surface area contributed by atoms with Crippen molar-refractivity contribution in [3.8, 4) is 0 Å². The Kier molecular flexibility index (Phi) is 1.43. The molecule has 2 nitrogen and oxygen atoms in total. The number of aromatic nitrogens is 1. The zero-order chi connectivity index (χ0) is 7.84. The minimum Gasteiger partial charge on any atom is -0.324 e. The maximum Gasteiger partial charge on any atom is 0.0342 e. The third-order valence-corrected chi connectivity index (χ3v) is 2.46. The Morgan fingerprint density at radius 1 is 1.64 bits per heavy atom. The van der Waals surface area contributed by atoms with E-state index < -0.39 is 0 Å². The number of nitrogens with zero attached hydrogens (tertiary/aromatic N) is 1.